The molecule has 0 bridgehead atoms. The summed E-state index contributed by atoms with van der Waals surface area (Å²) in [6, 6.07) is 5.96. The second-order valence-corrected chi connectivity index (χ2v) is 7.93. The number of ketones is 2. The first-order valence-corrected chi connectivity index (χ1v) is 10.7. The zero-order valence-corrected chi connectivity index (χ0v) is 17.6. The van der Waals surface area contributed by atoms with Crippen LogP contribution in [0.5, 0.6) is 0 Å². The first kappa shape index (κ1) is 20.4. The van der Waals surface area contributed by atoms with E-state index in [0.29, 0.717) is 18.5 Å². The quantitative estimate of drug-likeness (QED) is 0.676. The van der Waals surface area contributed by atoms with Gasteiger partial charge in [0.2, 0.25) is 0 Å². The van der Waals surface area contributed by atoms with Crippen molar-refractivity contribution in [3.8, 4) is 0 Å². The summed E-state index contributed by atoms with van der Waals surface area (Å²) in [5.74, 6) is 0.293. The molecule has 5 nitrogen and oxygen atoms in total. The highest BCUT2D eigenvalue weighted by Crippen LogP contribution is 2.25. The molecule has 2 aromatic rings. The van der Waals surface area contributed by atoms with Gasteiger partial charge in [-0.15, -0.1) is 0 Å². The van der Waals surface area contributed by atoms with Crippen LogP contribution in [0.25, 0.3) is 11.6 Å². The number of fused-ring (bicyclic) bond motifs is 1. The van der Waals surface area contributed by atoms with Crippen LogP contribution >= 0.6 is 0 Å². The minimum absolute atomic E-state index is 0.0760. The average molecular weight is 402 g/mol. The Balaban J connectivity index is 1.41. The van der Waals surface area contributed by atoms with Crippen molar-refractivity contribution in [3.05, 3.63) is 70.3 Å². The molecule has 0 fully saturated rings. The Morgan fingerprint density at radius 1 is 1.17 bits per heavy atom. The lowest BCUT2D eigenvalue weighted by Gasteiger charge is -2.27. The Kier molecular flexibility index (Phi) is 6.00. The highest BCUT2D eigenvalue weighted by atomic mass is 16.1. The molecule has 2 aliphatic rings. The van der Waals surface area contributed by atoms with E-state index in [-0.39, 0.29) is 11.6 Å². The summed E-state index contributed by atoms with van der Waals surface area (Å²) in [4.78, 5) is 35.3. The summed E-state index contributed by atoms with van der Waals surface area (Å²) in [6.45, 7) is 6.50. The van der Waals surface area contributed by atoms with Crippen molar-refractivity contribution in [2.45, 2.75) is 46.1 Å². The van der Waals surface area contributed by atoms with Gasteiger partial charge in [-0.2, -0.15) is 0 Å². The molecule has 3 heterocycles. The topological polar surface area (TPSA) is 63.2 Å². The van der Waals surface area contributed by atoms with E-state index >= 15 is 0 Å². The van der Waals surface area contributed by atoms with Gasteiger partial charge >= 0.3 is 0 Å². The van der Waals surface area contributed by atoms with Crippen LogP contribution in [0.1, 0.15) is 66.0 Å². The number of aromatic nitrogens is 2. The molecule has 5 heteroatoms. The predicted molar refractivity (Wildman–Crippen MR) is 118 cm³/mol. The molecule has 0 spiro atoms. The van der Waals surface area contributed by atoms with Crippen LogP contribution in [-0.2, 0) is 17.8 Å². The maximum absolute atomic E-state index is 12.2. The molecule has 0 amide bonds. The molecule has 154 valence electrons. The molecule has 1 aliphatic carbocycles. The van der Waals surface area contributed by atoms with E-state index in [1.807, 2.05) is 44.4 Å². The van der Waals surface area contributed by atoms with Crippen LogP contribution in [0.15, 0.2) is 42.2 Å². The van der Waals surface area contributed by atoms with Crippen LogP contribution in [0.2, 0.25) is 0 Å². The number of pyridine rings is 2. The molecule has 30 heavy (non-hydrogen) atoms. The molecule has 0 saturated carbocycles. The average Bonchev–Trinajstić information content (AvgIpc) is 2.78. The first-order chi connectivity index (χ1) is 14.6. The molecule has 0 atom stereocenters. The maximum atomic E-state index is 12.2. The first-order valence-electron chi connectivity index (χ1n) is 10.7. The standard InChI is InChI=1S/C25H27N3O2/c1-3-18-12-23-21(13-25(18)30)11-17(14-26-23)16-28-9-7-19(8-10-28)20-5-6-22(27-15-20)24(29)4-2/h5-7,11-12,14-15H,3-4,8-10,13,16H2,1-2H3. The number of carbonyl (C=O) groups is 2. The lowest BCUT2D eigenvalue weighted by atomic mass is 9.92. The number of carbonyl (C=O) groups excluding carboxylic acids is 2. The predicted octanol–water partition coefficient (Wildman–Crippen LogP) is 4.28. The third-order valence-electron chi connectivity index (χ3n) is 5.90. The molecule has 0 N–H and O–H groups in total. The smallest absolute Gasteiger partial charge is 0.180 e. The van der Waals surface area contributed by atoms with E-state index < -0.39 is 0 Å². The molecule has 0 aromatic carbocycles. The third kappa shape index (κ3) is 4.31. The van der Waals surface area contributed by atoms with Crippen molar-refractivity contribution < 1.29 is 9.59 Å². The zero-order chi connectivity index (χ0) is 21.1. The van der Waals surface area contributed by atoms with Crippen LogP contribution in [-0.4, -0.2) is 39.5 Å². The molecule has 0 unspecified atom stereocenters. The summed E-state index contributed by atoms with van der Waals surface area (Å²) < 4.78 is 0. The number of hydrogen-bond acceptors (Lipinski definition) is 5. The van der Waals surface area contributed by atoms with Gasteiger partial charge in [0.05, 0.1) is 5.69 Å². The summed E-state index contributed by atoms with van der Waals surface area (Å²) in [5.41, 5.74) is 6.91. The molecule has 4 rings (SSSR count). The largest absolute Gasteiger partial charge is 0.295 e. The Morgan fingerprint density at radius 3 is 2.70 bits per heavy atom. The molecular weight excluding hydrogens is 374 g/mol. The van der Waals surface area contributed by atoms with Crippen LogP contribution < -0.4 is 0 Å². The molecular formula is C25H27N3O2. The number of nitrogens with zero attached hydrogens (tertiary/aromatic N) is 3. The maximum Gasteiger partial charge on any atom is 0.180 e. The molecule has 2 aromatic heterocycles. The zero-order valence-electron chi connectivity index (χ0n) is 17.6. The minimum atomic E-state index is 0.0760. The van der Waals surface area contributed by atoms with Gasteiger partial charge in [0.1, 0.15) is 5.69 Å². The van der Waals surface area contributed by atoms with Gasteiger partial charge < -0.3 is 0 Å². The molecule has 0 saturated heterocycles. The van der Waals surface area contributed by atoms with Crippen molar-refractivity contribution in [1.82, 2.24) is 14.9 Å². The highest BCUT2D eigenvalue weighted by Gasteiger charge is 2.20. The van der Waals surface area contributed by atoms with Crippen molar-refractivity contribution in [3.63, 3.8) is 0 Å². The number of rotatable bonds is 6. The van der Waals surface area contributed by atoms with E-state index in [2.05, 4.69) is 27.0 Å². The summed E-state index contributed by atoms with van der Waals surface area (Å²) in [7, 11) is 0. The van der Waals surface area contributed by atoms with Gasteiger partial charge in [0, 0.05) is 44.9 Å². The second-order valence-electron chi connectivity index (χ2n) is 7.93. The van der Waals surface area contributed by atoms with Crippen LogP contribution in [0, 0.1) is 0 Å². The van der Waals surface area contributed by atoms with Crippen molar-refractivity contribution >= 4 is 23.2 Å². The Labute approximate surface area is 177 Å². The summed E-state index contributed by atoms with van der Waals surface area (Å²) in [6.07, 6.45) is 10.6. The lowest BCUT2D eigenvalue weighted by Crippen LogP contribution is -2.28. The Bertz CT molecular complexity index is 1030. The Morgan fingerprint density at radius 2 is 2.03 bits per heavy atom. The normalized spacial score (nSPS) is 16.7. The van der Waals surface area contributed by atoms with E-state index in [1.54, 1.807) is 0 Å². The van der Waals surface area contributed by atoms with Crippen molar-refractivity contribution in [2.24, 2.45) is 0 Å². The molecule has 1 aliphatic heterocycles. The second kappa shape index (κ2) is 8.84. The highest BCUT2D eigenvalue weighted by molar-refractivity contribution is 6.03. The van der Waals surface area contributed by atoms with Crippen LogP contribution in [0.4, 0.5) is 0 Å². The van der Waals surface area contributed by atoms with E-state index in [9.17, 15) is 9.59 Å². The van der Waals surface area contributed by atoms with Gasteiger partial charge in [-0.1, -0.05) is 32.1 Å². The SMILES string of the molecule is CCC(=O)c1ccc(C2=CCN(Cc3cnc4c(c3)CC(=O)C(CC)=C4)CC2)cn1. The fourth-order valence-electron chi connectivity index (χ4n) is 4.06. The third-order valence-corrected chi connectivity index (χ3v) is 5.90. The number of allylic oxidation sites excluding steroid dienone is 1. The van der Waals surface area contributed by atoms with Gasteiger partial charge in [-0.25, -0.2) is 0 Å². The fraction of sp³-hybridized carbons (Fsp3) is 0.360. The summed E-state index contributed by atoms with van der Waals surface area (Å²) in [5, 5.41) is 0. The number of hydrogen-bond donors (Lipinski definition) is 0. The monoisotopic (exact) mass is 401 g/mol. The van der Waals surface area contributed by atoms with Gasteiger partial charge in [0.25, 0.3) is 0 Å². The number of Topliss-reactive ketones (excluding diaryl/α,β-unsaturated/α-hetero) is 2. The van der Waals surface area contributed by atoms with E-state index in [4.69, 9.17) is 0 Å². The summed E-state index contributed by atoms with van der Waals surface area (Å²) >= 11 is 0. The van der Waals surface area contributed by atoms with Crippen LogP contribution in [0.3, 0.4) is 0 Å². The van der Waals surface area contributed by atoms with E-state index in [0.717, 1.165) is 60.4 Å². The molecule has 0 radical (unpaired) electrons. The van der Waals surface area contributed by atoms with E-state index in [1.165, 1.54) is 5.57 Å². The fourth-order valence-corrected chi connectivity index (χ4v) is 4.06. The van der Waals surface area contributed by atoms with Gasteiger partial charge in [0.15, 0.2) is 11.6 Å². The van der Waals surface area contributed by atoms with Gasteiger partial charge in [-0.3, -0.25) is 24.5 Å². The van der Waals surface area contributed by atoms with Gasteiger partial charge in [-0.05, 0) is 52.8 Å². The Hall–Kier alpha value is -2.92. The van der Waals surface area contributed by atoms with Crippen molar-refractivity contribution in [2.75, 3.05) is 13.1 Å². The van der Waals surface area contributed by atoms with Crippen molar-refractivity contribution in [1.29, 1.82) is 0 Å². The minimum Gasteiger partial charge on any atom is -0.295 e. The lowest BCUT2D eigenvalue weighted by molar-refractivity contribution is -0.115.